The Kier molecular flexibility index (Phi) is 6.25. The number of aryl methyl sites for hydroxylation is 2. The SMILES string of the molecule is Cc1ccc(S(=O)(=O)Nc2c(C)cnc3c(N(C=O)c4c(Cl)ccnc4Cl)cccc23)cc1. The highest BCUT2D eigenvalue weighted by molar-refractivity contribution is 7.92. The van der Waals surface area contributed by atoms with E-state index in [1.54, 1.807) is 49.4 Å². The quantitative estimate of drug-likeness (QED) is 0.272. The maximum Gasteiger partial charge on any atom is 0.261 e. The molecule has 33 heavy (non-hydrogen) atoms. The van der Waals surface area contributed by atoms with Gasteiger partial charge >= 0.3 is 0 Å². The number of benzene rings is 2. The summed E-state index contributed by atoms with van der Waals surface area (Å²) >= 11 is 12.5. The molecule has 0 atom stereocenters. The van der Waals surface area contributed by atoms with Crippen molar-refractivity contribution < 1.29 is 13.2 Å². The van der Waals surface area contributed by atoms with Crippen molar-refractivity contribution >= 4 is 67.6 Å². The Bertz CT molecular complexity index is 1460. The van der Waals surface area contributed by atoms with Gasteiger partial charge in [-0.05, 0) is 43.7 Å². The predicted octanol–water partition coefficient (Wildman–Crippen LogP) is 5.65. The van der Waals surface area contributed by atoms with E-state index in [9.17, 15) is 13.2 Å². The largest absolute Gasteiger partial charge is 0.279 e. The van der Waals surface area contributed by atoms with Crippen LogP contribution < -0.4 is 9.62 Å². The molecule has 2 aromatic carbocycles. The summed E-state index contributed by atoms with van der Waals surface area (Å²) in [5, 5.41) is 0.775. The molecule has 0 bridgehead atoms. The van der Waals surface area contributed by atoms with E-state index in [0.717, 1.165) is 5.56 Å². The Morgan fingerprint density at radius 1 is 1.00 bits per heavy atom. The van der Waals surface area contributed by atoms with Gasteiger partial charge < -0.3 is 0 Å². The molecule has 0 spiro atoms. The summed E-state index contributed by atoms with van der Waals surface area (Å²) in [7, 11) is -3.86. The summed E-state index contributed by atoms with van der Waals surface area (Å²) in [6.07, 6.45) is 3.52. The number of carbonyl (C=O) groups excluding carboxylic acids is 1. The molecular weight excluding hydrogens is 483 g/mol. The van der Waals surface area contributed by atoms with E-state index in [4.69, 9.17) is 23.2 Å². The minimum atomic E-state index is -3.86. The molecule has 10 heteroatoms. The monoisotopic (exact) mass is 500 g/mol. The van der Waals surface area contributed by atoms with Crippen molar-refractivity contribution in [2.24, 2.45) is 0 Å². The molecule has 0 radical (unpaired) electrons. The van der Waals surface area contributed by atoms with Crippen LogP contribution in [-0.2, 0) is 14.8 Å². The van der Waals surface area contributed by atoms with Gasteiger partial charge in [-0.15, -0.1) is 0 Å². The number of pyridine rings is 2. The fraction of sp³-hybridized carbons (Fsp3) is 0.0870. The van der Waals surface area contributed by atoms with E-state index in [-0.39, 0.29) is 20.8 Å². The Morgan fingerprint density at radius 3 is 2.39 bits per heavy atom. The van der Waals surface area contributed by atoms with E-state index in [0.29, 0.717) is 34.3 Å². The number of carbonyl (C=O) groups is 1. The normalized spacial score (nSPS) is 11.4. The van der Waals surface area contributed by atoms with Crippen molar-refractivity contribution in [3.8, 4) is 0 Å². The molecule has 2 heterocycles. The number of fused-ring (bicyclic) bond motifs is 1. The van der Waals surface area contributed by atoms with E-state index in [2.05, 4.69) is 14.7 Å². The Hall–Kier alpha value is -3.20. The smallest absolute Gasteiger partial charge is 0.261 e. The molecule has 7 nitrogen and oxygen atoms in total. The maximum atomic E-state index is 13.1. The van der Waals surface area contributed by atoms with Crippen LogP contribution in [0.3, 0.4) is 0 Å². The van der Waals surface area contributed by atoms with Crippen molar-refractivity contribution in [2.75, 3.05) is 9.62 Å². The second-order valence-corrected chi connectivity index (χ2v) is 9.76. The number of amides is 1. The first-order chi connectivity index (χ1) is 15.7. The fourth-order valence-electron chi connectivity index (χ4n) is 3.40. The molecule has 0 saturated carbocycles. The first kappa shape index (κ1) is 23.0. The highest BCUT2D eigenvalue weighted by Crippen LogP contribution is 2.40. The van der Waals surface area contributed by atoms with Crippen LogP contribution in [0.5, 0.6) is 0 Å². The van der Waals surface area contributed by atoms with Crippen LogP contribution in [0, 0.1) is 13.8 Å². The summed E-state index contributed by atoms with van der Waals surface area (Å²) in [5.41, 5.74) is 2.88. The van der Waals surface area contributed by atoms with Crippen LogP contribution in [0.2, 0.25) is 10.2 Å². The van der Waals surface area contributed by atoms with E-state index < -0.39 is 10.0 Å². The highest BCUT2D eigenvalue weighted by Gasteiger charge is 2.22. The third-order valence-corrected chi connectivity index (χ3v) is 7.02. The highest BCUT2D eigenvalue weighted by atomic mass is 35.5. The molecule has 0 aliphatic rings. The van der Waals surface area contributed by atoms with Gasteiger partial charge in [-0.3, -0.25) is 19.4 Å². The standard InChI is InChI=1S/C23H18Cl2N4O3S/c1-14-6-8-16(9-7-14)33(31,32)28-20-15(2)12-27-21-17(20)4-3-5-19(21)29(13-30)22-18(24)10-11-26-23(22)25/h3-13H,1-2H3,(H,27,28). The van der Waals surface area contributed by atoms with E-state index in [1.165, 1.54) is 23.4 Å². The number of rotatable bonds is 6. The van der Waals surface area contributed by atoms with Crippen LogP contribution in [0.4, 0.5) is 17.1 Å². The molecule has 1 amide bonds. The number of sulfonamides is 1. The first-order valence-electron chi connectivity index (χ1n) is 9.75. The van der Waals surface area contributed by atoms with Gasteiger partial charge in [-0.1, -0.05) is 53.0 Å². The average molecular weight is 501 g/mol. The lowest BCUT2D eigenvalue weighted by molar-refractivity contribution is -0.106. The zero-order chi connectivity index (χ0) is 23.8. The number of nitrogens with zero attached hydrogens (tertiary/aromatic N) is 3. The molecule has 0 unspecified atom stereocenters. The van der Waals surface area contributed by atoms with Crippen LogP contribution >= 0.6 is 23.2 Å². The van der Waals surface area contributed by atoms with Gasteiger partial charge in [0.05, 0.1) is 26.8 Å². The van der Waals surface area contributed by atoms with Crippen molar-refractivity contribution in [2.45, 2.75) is 18.7 Å². The van der Waals surface area contributed by atoms with Gasteiger partial charge in [0.15, 0.2) is 5.15 Å². The number of halogens is 2. The van der Waals surface area contributed by atoms with Crippen LogP contribution in [-0.4, -0.2) is 24.8 Å². The zero-order valence-corrected chi connectivity index (χ0v) is 19.9. The van der Waals surface area contributed by atoms with Gasteiger partial charge in [-0.2, -0.15) is 0 Å². The summed E-state index contributed by atoms with van der Waals surface area (Å²) in [5.74, 6) is 0. The molecule has 0 aliphatic carbocycles. The van der Waals surface area contributed by atoms with Crippen LogP contribution in [0.1, 0.15) is 11.1 Å². The summed E-state index contributed by atoms with van der Waals surface area (Å²) < 4.78 is 28.8. The third kappa shape index (κ3) is 4.37. The summed E-state index contributed by atoms with van der Waals surface area (Å²) in [6, 6.07) is 13.1. The van der Waals surface area contributed by atoms with Crippen LogP contribution in [0.15, 0.2) is 65.8 Å². The van der Waals surface area contributed by atoms with Crippen molar-refractivity contribution in [3.63, 3.8) is 0 Å². The van der Waals surface area contributed by atoms with Gasteiger partial charge in [0, 0.05) is 17.8 Å². The predicted molar refractivity (Wildman–Crippen MR) is 131 cm³/mol. The number of para-hydroxylation sites is 1. The Morgan fingerprint density at radius 2 is 1.73 bits per heavy atom. The second-order valence-electron chi connectivity index (χ2n) is 7.32. The van der Waals surface area contributed by atoms with Gasteiger partial charge in [0.2, 0.25) is 6.41 Å². The van der Waals surface area contributed by atoms with E-state index in [1.807, 2.05) is 6.92 Å². The molecule has 0 fully saturated rings. The zero-order valence-electron chi connectivity index (χ0n) is 17.6. The third-order valence-electron chi connectivity index (χ3n) is 5.07. The second kappa shape index (κ2) is 8.97. The van der Waals surface area contributed by atoms with Gasteiger partial charge in [-0.25, -0.2) is 13.4 Å². The fourth-order valence-corrected chi connectivity index (χ4v) is 5.09. The minimum absolute atomic E-state index is 0.0408. The maximum absolute atomic E-state index is 13.1. The summed E-state index contributed by atoms with van der Waals surface area (Å²) in [4.78, 5) is 21.9. The Balaban J connectivity index is 1.88. The molecule has 0 aliphatic heterocycles. The van der Waals surface area contributed by atoms with Crippen molar-refractivity contribution in [1.29, 1.82) is 0 Å². The lowest BCUT2D eigenvalue weighted by Crippen LogP contribution is -2.17. The number of aromatic nitrogens is 2. The lowest BCUT2D eigenvalue weighted by Gasteiger charge is -2.22. The van der Waals surface area contributed by atoms with Crippen molar-refractivity contribution in [3.05, 3.63) is 82.2 Å². The minimum Gasteiger partial charge on any atom is -0.279 e. The van der Waals surface area contributed by atoms with Crippen molar-refractivity contribution in [1.82, 2.24) is 9.97 Å². The Labute approximate surface area is 201 Å². The van der Waals surface area contributed by atoms with Gasteiger partial charge in [0.25, 0.3) is 10.0 Å². The number of hydrogen-bond acceptors (Lipinski definition) is 5. The molecule has 168 valence electrons. The average Bonchev–Trinajstić information content (AvgIpc) is 2.78. The number of nitrogens with one attached hydrogen (secondary N) is 1. The molecule has 4 rings (SSSR count). The molecule has 2 aromatic heterocycles. The number of hydrogen-bond donors (Lipinski definition) is 1. The van der Waals surface area contributed by atoms with Gasteiger partial charge in [0.1, 0.15) is 5.69 Å². The van der Waals surface area contributed by atoms with Crippen LogP contribution in [0.25, 0.3) is 10.9 Å². The molecule has 0 saturated heterocycles. The topological polar surface area (TPSA) is 92.3 Å². The first-order valence-corrected chi connectivity index (χ1v) is 12.0. The lowest BCUT2D eigenvalue weighted by atomic mass is 10.1. The molecular formula is C23H18Cl2N4O3S. The number of anilines is 3. The van der Waals surface area contributed by atoms with E-state index >= 15 is 0 Å². The summed E-state index contributed by atoms with van der Waals surface area (Å²) in [6.45, 7) is 3.63. The molecule has 1 N–H and O–H groups in total. The molecule has 4 aromatic rings.